The summed E-state index contributed by atoms with van der Waals surface area (Å²) < 4.78 is 5.14. The van der Waals surface area contributed by atoms with Gasteiger partial charge in [0.15, 0.2) is 0 Å². The van der Waals surface area contributed by atoms with Crippen LogP contribution in [0.4, 0.5) is 0 Å². The van der Waals surface area contributed by atoms with E-state index < -0.39 is 6.10 Å². The lowest BCUT2D eigenvalue weighted by Gasteiger charge is -2.33. The van der Waals surface area contributed by atoms with E-state index in [1.807, 2.05) is 20.8 Å². The smallest absolute Gasteiger partial charge is 0.0864 e. The molecule has 0 aromatic carbocycles. The van der Waals surface area contributed by atoms with E-state index in [1.165, 1.54) is 0 Å². The van der Waals surface area contributed by atoms with Crippen LogP contribution in [-0.4, -0.2) is 31.0 Å². The first-order chi connectivity index (χ1) is 5.49. The molecule has 0 fully saturated rings. The zero-order valence-corrected chi connectivity index (χ0v) is 8.50. The summed E-state index contributed by atoms with van der Waals surface area (Å²) in [6.07, 6.45) is 0.210. The van der Waals surface area contributed by atoms with Crippen LogP contribution in [-0.2, 0) is 4.74 Å². The molecule has 0 amide bonds. The molecule has 0 radical (unpaired) electrons. The highest BCUT2D eigenvalue weighted by Crippen LogP contribution is 2.23. The Bertz CT molecular complexity index is 122. The van der Waals surface area contributed by atoms with Crippen molar-refractivity contribution in [3.05, 3.63) is 0 Å². The average molecular weight is 175 g/mol. The Hall–Kier alpha value is -0.120. The van der Waals surface area contributed by atoms with Crippen LogP contribution in [0, 0.1) is 5.41 Å². The van der Waals surface area contributed by atoms with Gasteiger partial charge in [-0.2, -0.15) is 0 Å². The molecule has 3 nitrogen and oxygen atoms in total. The van der Waals surface area contributed by atoms with Gasteiger partial charge in [0.1, 0.15) is 0 Å². The summed E-state index contributed by atoms with van der Waals surface area (Å²) in [5.74, 6) is 0. The molecule has 0 aliphatic heterocycles. The highest BCUT2D eigenvalue weighted by molar-refractivity contribution is 4.84. The molecule has 0 rings (SSSR count). The van der Waals surface area contributed by atoms with Crippen molar-refractivity contribution in [3.8, 4) is 0 Å². The minimum atomic E-state index is -0.488. The van der Waals surface area contributed by atoms with Crippen molar-refractivity contribution in [2.24, 2.45) is 11.1 Å². The van der Waals surface area contributed by atoms with Crippen LogP contribution in [0.25, 0.3) is 0 Å². The van der Waals surface area contributed by atoms with E-state index in [9.17, 15) is 5.11 Å². The van der Waals surface area contributed by atoms with Gasteiger partial charge in [0.2, 0.25) is 0 Å². The fourth-order valence-electron chi connectivity index (χ4n) is 1.14. The second-order valence-corrected chi connectivity index (χ2v) is 3.82. The topological polar surface area (TPSA) is 55.5 Å². The van der Waals surface area contributed by atoms with E-state index in [4.69, 9.17) is 10.5 Å². The molecule has 0 aromatic rings. The molecular formula is C9H21NO2. The predicted molar refractivity (Wildman–Crippen MR) is 49.9 cm³/mol. The van der Waals surface area contributed by atoms with E-state index >= 15 is 0 Å². The Morgan fingerprint density at radius 3 is 2.25 bits per heavy atom. The summed E-state index contributed by atoms with van der Waals surface area (Å²) in [5.41, 5.74) is 5.27. The Morgan fingerprint density at radius 1 is 1.50 bits per heavy atom. The van der Waals surface area contributed by atoms with Crippen molar-refractivity contribution in [2.75, 3.05) is 13.7 Å². The van der Waals surface area contributed by atoms with Gasteiger partial charge in [-0.15, -0.1) is 0 Å². The maximum absolute atomic E-state index is 9.83. The van der Waals surface area contributed by atoms with Crippen molar-refractivity contribution in [1.29, 1.82) is 0 Å². The third kappa shape index (κ3) is 2.73. The second-order valence-electron chi connectivity index (χ2n) is 3.82. The van der Waals surface area contributed by atoms with Crippen molar-refractivity contribution < 1.29 is 9.84 Å². The van der Waals surface area contributed by atoms with Gasteiger partial charge in [0, 0.05) is 12.5 Å². The normalized spacial score (nSPS) is 17.5. The van der Waals surface area contributed by atoms with Gasteiger partial charge in [-0.3, -0.25) is 0 Å². The molecule has 0 bridgehead atoms. The first kappa shape index (κ1) is 11.9. The summed E-state index contributed by atoms with van der Waals surface area (Å²) >= 11 is 0. The second kappa shape index (κ2) is 4.80. The van der Waals surface area contributed by atoms with E-state index in [0.717, 1.165) is 6.42 Å². The summed E-state index contributed by atoms with van der Waals surface area (Å²) in [7, 11) is 1.62. The lowest BCUT2D eigenvalue weighted by molar-refractivity contribution is -0.0684. The Balaban J connectivity index is 4.23. The summed E-state index contributed by atoms with van der Waals surface area (Å²) in [5, 5.41) is 9.83. The van der Waals surface area contributed by atoms with Crippen LogP contribution >= 0.6 is 0 Å². The molecule has 2 atom stereocenters. The number of hydrogen-bond acceptors (Lipinski definition) is 3. The van der Waals surface area contributed by atoms with Crippen molar-refractivity contribution in [3.63, 3.8) is 0 Å². The minimum Gasteiger partial charge on any atom is -0.390 e. The van der Waals surface area contributed by atoms with Gasteiger partial charge in [0.25, 0.3) is 0 Å². The van der Waals surface area contributed by atoms with E-state index in [0.29, 0.717) is 6.54 Å². The Morgan fingerprint density at radius 2 is 2.00 bits per heavy atom. The van der Waals surface area contributed by atoms with Crippen molar-refractivity contribution >= 4 is 0 Å². The third-order valence-electron chi connectivity index (χ3n) is 2.38. The monoisotopic (exact) mass is 175 g/mol. The zero-order chi connectivity index (χ0) is 9.78. The highest BCUT2D eigenvalue weighted by atomic mass is 16.5. The number of ether oxygens (including phenoxy) is 1. The standard InChI is InChI=1S/C9H21NO2/c1-5-7(12-4)8(11)9(2,3)6-10/h7-8,11H,5-6,10H2,1-4H3. The van der Waals surface area contributed by atoms with E-state index in [2.05, 4.69) is 0 Å². The molecule has 12 heavy (non-hydrogen) atoms. The van der Waals surface area contributed by atoms with Crippen LogP contribution in [0.5, 0.6) is 0 Å². The number of rotatable bonds is 5. The molecule has 0 spiro atoms. The van der Waals surface area contributed by atoms with Crippen LogP contribution in [0.15, 0.2) is 0 Å². The van der Waals surface area contributed by atoms with E-state index in [1.54, 1.807) is 7.11 Å². The average Bonchev–Trinajstić information content (AvgIpc) is 2.06. The SMILES string of the molecule is CCC(OC)C(O)C(C)(C)CN. The van der Waals surface area contributed by atoms with Crippen molar-refractivity contribution in [1.82, 2.24) is 0 Å². The predicted octanol–water partition coefficient (Wildman–Crippen LogP) is 0.757. The molecule has 0 aromatic heterocycles. The summed E-state index contributed by atoms with van der Waals surface area (Å²) in [6, 6.07) is 0. The molecule has 74 valence electrons. The fourth-order valence-corrected chi connectivity index (χ4v) is 1.14. The Kier molecular flexibility index (Phi) is 4.75. The molecular weight excluding hydrogens is 154 g/mol. The molecule has 0 saturated heterocycles. The molecule has 0 heterocycles. The van der Waals surface area contributed by atoms with Crippen LogP contribution < -0.4 is 5.73 Å². The van der Waals surface area contributed by atoms with E-state index in [-0.39, 0.29) is 11.5 Å². The maximum Gasteiger partial charge on any atom is 0.0864 e. The first-order valence-corrected chi connectivity index (χ1v) is 4.40. The quantitative estimate of drug-likeness (QED) is 0.648. The molecule has 0 saturated carbocycles. The molecule has 0 aliphatic carbocycles. The van der Waals surface area contributed by atoms with Gasteiger partial charge < -0.3 is 15.6 Å². The van der Waals surface area contributed by atoms with Crippen LogP contribution in [0.2, 0.25) is 0 Å². The van der Waals surface area contributed by atoms with Gasteiger partial charge in [-0.05, 0) is 13.0 Å². The lowest BCUT2D eigenvalue weighted by Crippen LogP contribution is -2.44. The fraction of sp³-hybridized carbons (Fsp3) is 1.00. The van der Waals surface area contributed by atoms with Gasteiger partial charge >= 0.3 is 0 Å². The maximum atomic E-state index is 9.83. The van der Waals surface area contributed by atoms with Gasteiger partial charge in [-0.25, -0.2) is 0 Å². The highest BCUT2D eigenvalue weighted by Gasteiger charge is 2.32. The summed E-state index contributed by atoms with van der Waals surface area (Å²) in [4.78, 5) is 0. The van der Waals surface area contributed by atoms with Crippen molar-refractivity contribution in [2.45, 2.75) is 39.4 Å². The number of aliphatic hydroxyl groups excluding tert-OH is 1. The molecule has 3 N–H and O–H groups in total. The first-order valence-electron chi connectivity index (χ1n) is 4.40. The van der Waals surface area contributed by atoms with Gasteiger partial charge in [0.05, 0.1) is 12.2 Å². The zero-order valence-electron chi connectivity index (χ0n) is 8.50. The number of nitrogens with two attached hydrogens (primary N) is 1. The largest absolute Gasteiger partial charge is 0.390 e. The minimum absolute atomic E-state index is 0.108. The Labute approximate surface area is 74.9 Å². The molecule has 0 aliphatic rings. The van der Waals surface area contributed by atoms with Gasteiger partial charge in [-0.1, -0.05) is 20.8 Å². The molecule has 2 unspecified atom stereocenters. The van der Waals surface area contributed by atoms with Crippen LogP contribution in [0.3, 0.4) is 0 Å². The summed E-state index contributed by atoms with van der Waals surface area (Å²) in [6.45, 7) is 6.34. The number of methoxy groups -OCH3 is 1. The number of hydrogen-bond donors (Lipinski definition) is 2. The molecule has 3 heteroatoms. The third-order valence-corrected chi connectivity index (χ3v) is 2.38. The number of aliphatic hydroxyl groups is 1. The van der Waals surface area contributed by atoms with Crippen LogP contribution in [0.1, 0.15) is 27.2 Å². The lowest BCUT2D eigenvalue weighted by atomic mass is 9.83.